The van der Waals surface area contributed by atoms with Crippen molar-refractivity contribution in [2.75, 3.05) is 6.61 Å². The fourth-order valence-electron chi connectivity index (χ4n) is 1.93. The van der Waals surface area contributed by atoms with E-state index >= 15 is 0 Å². The minimum atomic E-state index is -4.50. The Morgan fingerprint density at radius 2 is 2.00 bits per heavy atom. The van der Waals surface area contributed by atoms with Gasteiger partial charge in [0.2, 0.25) is 0 Å². The molecule has 0 aromatic heterocycles. The number of halogens is 4. The molecule has 1 amide bonds. The number of alkyl halides is 3. The van der Waals surface area contributed by atoms with Crippen LogP contribution in [0.15, 0.2) is 47.6 Å². The SMILES string of the molecule is Cc1cc(OCC(=O)N/N=C\c2ccccc2C(F)(F)F)ccc1Cl. The van der Waals surface area contributed by atoms with E-state index < -0.39 is 17.6 Å². The van der Waals surface area contributed by atoms with Crippen molar-refractivity contribution in [1.29, 1.82) is 0 Å². The number of ether oxygens (including phenoxy) is 1. The van der Waals surface area contributed by atoms with E-state index in [1.807, 2.05) is 0 Å². The molecule has 0 atom stereocenters. The molecule has 0 aliphatic carbocycles. The fourth-order valence-corrected chi connectivity index (χ4v) is 2.05. The number of amides is 1. The maximum Gasteiger partial charge on any atom is 0.417 e. The quantitative estimate of drug-likeness (QED) is 0.633. The molecule has 0 heterocycles. The van der Waals surface area contributed by atoms with Crippen LogP contribution in [-0.2, 0) is 11.0 Å². The Hall–Kier alpha value is -2.54. The van der Waals surface area contributed by atoms with Crippen LogP contribution < -0.4 is 10.2 Å². The number of nitrogens with one attached hydrogen (secondary N) is 1. The minimum Gasteiger partial charge on any atom is -0.484 e. The predicted octanol–water partition coefficient (Wildman–Crippen LogP) is 4.20. The molecule has 8 heteroatoms. The highest BCUT2D eigenvalue weighted by Crippen LogP contribution is 2.31. The highest BCUT2D eigenvalue weighted by atomic mass is 35.5. The number of nitrogens with zero attached hydrogens (tertiary/aromatic N) is 1. The zero-order valence-electron chi connectivity index (χ0n) is 13.1. The first-order valence-corrected chi connectivity index (χ1v) is 7.52. The maximum absolute atomic E-state index is 12.8. The Kier molecular flexibility index (Phi) is 6.03. The summed E-state index contributed by atoms with van der Waals surface area (Å²) in [5, 5.41) is 4.11. The zero-order chi connectivity index (χ0) is 18.4. The average molecular weight is 371 g/mol. The van der Waals surface area contributed by atoms with Crippen LogP contribution in [0.3, 0.4) is 0 Å². The second-order valence-corrected chi connectivity index (χ2v) is 5.49. The highest BCUT2D eigenvalue weighted by Gasteiger charge is 2.32. The molecule has 0 aliphatic rings. The Bertz CT molecular complexity index is 792. The van der Waals surface area contributed by atoms with Gasteiger partial charge in [0.05, 0.1) is 11.8 Å². The van der Waals surface area contributed by atoms with Crippen LogP contribution in [-0.4, -0.2) is 18.7 Å². The summed E-state index contributed by atoms with van der Waals surface area (Å²) >= 11 is 5.88. The zero-order valence-corrected chi connectivity index (χ0v) is 13.9. The van der Waals surface area contributed by atoms with E-state index in [9.17, 15) is 18.0 Å². The molecule has 0 saturated heterocycles. The summed E-state index contributed by atoms with van der Waals surface area (Å²) < 4.78 is 43.7. The van der Waals surface area contributed by atoms with Crippen molar-refractivity contribution in [1.82, 2.24) is 5.43 Å². The summed E-state index contributed by atoms with van der Waals surface area (Å²) in [6.07, 6.45) is -3.56. The predicted molar refractivity (Wildman–Crippen MR) is 88.9 cm³/mol. The molecular weight excluding hydrogens is 357 g/mol. The van der Waals surface area contributed by atoms with Crippen molar-refractivity contribution in [2.45, 2.75) is 13.1 Å². The highest BCUT2D eigenvalue weighted by molar-refractivity contribution is 6.31. The van der Waals surface area contributed by atoms with Gasteiger partial charge in [0.1, 0.15) is 5.75 Å². The van der Waals surface area contributed by atoms with E-state index in [1.165, 1.54) is 18.2 Å². The Balaban J connectivity index is 1.92. The van der Waals surface area contributed by atoms with Crippen LogP contribution in [0.2, 0.25) is 5.02 Å². The molecule has 0 saturated carbocycles. The Morgan fingerprint density at radius 3 is 2.68 bits per heavy atom. The first-order valence-electron chi connectivity index (χ1n) is 7.14. The second-order valence-electron chi connectivity index (χ2n) is 5.08. The molecule has 0 radical (unpaired) electrons. The standard InChI is InChI=1S/C17H14ClF3N2O2/c1-11-8-13(6-7-15(11)18)25-10-16(24)23-22-9-12-4-2-3-5-14(12)17(19,20)21/h2-9H,10H2,1H3,(H,23,24)/b22-9-. The Morgan fingerprint density at radius 1 is 1.28 bits per heavy atom. The van der Waals surface area contributed by atoms with Gasteiger partial charge in [-0.15, -0.1) is 0 Å². The van der Waals surface area contributed by atoms with Crippen molar-refractivity contribution < 1.29 is 22.7 Å². The van der Waals surface area contributed by atoms with Gasteiger partial charge >= 0.3 is 6.18 Å². The molecule has 25 heavy (non-hydrogen) atoms. The van der Waals surface area contributed by atoms with Gasteiger partial charge in [-0.25, -0.2) is 5.43 Å². The third kappa shape index (κ3) is 5.49. The van der Waals surface area contributed by atoms with Gasteiger partial charge in [-0.2, -0.15) is 18.3 Å². The normalized spacial score (nSPS) is 11.6. The van der Waals surface area contributed by atoms with Gasteiger partial charge in [0.25, 0.3) is 5.91 Å². The molecule has 2 aromatic rings. The van der Waals surface area contributed by atoms with E-state index in [1.54, 1.807) is 25.1 Å². The molecule has 2 aromatic carbocycles. The number of carbonyl (C=O) groups is 1. The van der Waals surface area contributed by atoms with E-state index in [4.69, 9.17) is 16.3 Å². The van der Waals surface area contributed by atoms with Crippen LogP contribution in [0, 0.1) is 6.92 Å². The molecule has 1 N–H and O–H groups in total. The lowest BCUT2D eigenvalue weighted by Crippen LogP contribution is -2.24. The number of aryl methyl sites for hydroxylation is 1. The van der Waals surface area contributed by atoms with Gasteiger partial charge in [-0.05, 0) is 36.8 Å². The van der Waals surface area contributed by atoms with Crippen LogP contribution in [0.1, 0.15) is 16.7 Å². The summed E-state index contributed by atoms with van der Waals surface area (Å²) in [7, 11) is 0. The average Bonchev–Trinajstić information content (AvgIpc) is 2.55. The van der Waals surface area contributed by atoms with Crippen LogP contribution in [0.5, 0.6) is 5.75 Å². The lowest BCUT2D eigenvalue weighted by Gasteiger charge is -2.09. The first-order chi connectivity index (χ1) is 11.8. The Labute approximate surface area is 147 Å². The number of hydrazone groups is 1. The monoisotopic (exact) mass is 370 g/mol. The van der Waals surface area contributed by atoms with Crippen LogP contribution in [0.25, 0.3) is 0 Å². The van der Waals surface area contributed by atoms with Crippen molar-refractivity contribution in [3.8, 4) is 5.75 Å². The third-order valence-corrected chi connectivity index (χ3v) is 3.58. The molecular formula is C17H14ClF3N2O2. The molecule has 0 bridgehead atoms. The number of rotatable bonds is 5. The van der Waals surface area contributed by atoms with Crippen molar-refractivity contribution in [3.05, 3.63) is 64.2 Å². The fraction of sp³-hybridized carbons (Fsp3) is 0.176. The lowest BCUT2D eigenvalue weighted by atomic mass is 10.1. The maximum atomic E-state index is 12.8. The van der Waals surface area contributed by atoms with E-state index in [-0.39, 0.29) is 12.2 Å². The van der Waals surface area contributed by atoms with Gasteiger partial charge < -0.3 is 4.74 Å². The topological polar surface area (TPSA) is 50.7 Å². The van der Waals surface area contributed by atoms with Gasteiger partial charge in [-0.1, -0.05) is 29.8 Å². The minimum absolute atomic E-state index is 0.149. The van der Waals surface area contributed by atoms with E-state index in [0.29, 0.717) is 10.8 Å². The molecule has 0 spiro atoms. The van der Waals surface area contributed by atoms with Crippen molar-refractivity contribution in [3.63, 3.8) is 0 Å². The summed E-state index contributed by atoms with van der Waals surface area (Å²) in [5.41, 5.74) is 1.93. The number of hydrogen-bond donors (Lipinski definition) is 1. The van der Waals surface area contributed by atoms with Crippen LogP contribution >= 0.6 is 11.6 Å². The van der Waals surface area contributed by atoms with Crippen molar-refractivity contribution >= 4 is 23.7 Å². The molecule has 2 rings (SSSR count). The van der Waals surface area contributed by atoms with Gasteiger partial charge in [-0.3, -0.25) is 4.79 Å². The molecule has 132 valence electrons. The summed E-state index contributed by atoms with van der Waals surface area (Å²) in [5.74, 6) is -0.156. The molecule has 0 unspecified atom stereocenters. The van der Waals surface area contributed by atoms with E-state index in [0.717, 1.165) is 17.8 Å². The smallest absolute Gasteiger partial charge is 0.417 e. The third-order valence-electron chi connectivity index (χ3n) is 3.16. The largest absolute Gasteiger partial charge is 0.484 e. The number of benzene rings is 2. The van der Waals surface area contributed by atoms with Gasteiger partial charge in [0, 0.05) is 10.6 Å². The number of hydrogen-bond acceptors (Lipinski definition) is 3. The molecule has 0 aliphatic heterocycles. The summed E-state index contributed by atoms with van der Waals surface area (Å²) in [4.78, 5) is 11.6. The first kappa shape index (κ1) is 18.8. The lowest BCUT2D eigenvalue weighted by molar-refractivity contribution is -0.137. The van der Waals surface area contributed by atoms with Crippen molar-refractivity contribution in [2.24, 2.45) is 5.10 Å². The summed E-state index contributed by atoms with van der Waals surface area (Å²) in [6.45, 7) is 1.46. The summed E-state index contributed by atoms with van der Waals surface area (Å²) in [6, 6.07) is 9.83. The van der Waals surface area contributed by atoms with Gasteiger partial charge in [0.15, 0.2) is 6.61 Å². The number of carbonyl (C=O) groups excluding carboxylic acids is 1. The second kappa shape index (κ2) is 8.02. The molecule has 0 fully saturated rings. The van der Waals surface area contributed by atoms with E-state index in [2.05, 4.69) is 10.5 Å². The van der Waals surface area contributed by atoms with Crippen LogP contribution in [0.4, 0.5) is 13.2 Å². The molecule has 4 nitrogen and oxygen atoms in total.